The van der Waals surface area contributed by atoms with Gasteiger partial charge in [0.2, 0.25) is 0 Å². The normalized spacial score (nSPS) is 13.3. The predicted octanol–water partition coefficient (Wildman–Crippen LogP) is 12.9. The van der Waals surface area contributed by atoms with Gasteiger partial charge >= 0.3 is 0 Å². The molecule has 1 aliphatic carbocycles. The van der Waals surface area contributed by atoms with Crippen LogP contribution in [0.5, 0.6) is 0 Å². The van der Waals surface area contributed by atoms with Crippen molar-refractivity contribution in [2.24, 2.45) is 0 Å². The molecule has 0 fully saturated rings. The van der Waals surface area contributed by atoms with E-state index in [0.29, 0.717) is 0 Å². The van der Waals surface area contributed by atoms with Crippen molar-refractivity contribution in [2.75, 3.05) is 4.90 Å². The van der Waals surface area contributed by atoms with Gasteiger partial charge < -0.3 is 4.90 Å². The highest BCUT2D eigenvalue weighted by atomic mass is 15.2. The number of hydrogen-bond donors (Lipinski definition) is 0. The number of aromatic nitrogens is 2. The highest BCUT2D eigenvalue weighted by molar-refractivity contribution is 6.24. The van der Waals surface area contributed by atoms with E-state index in [-0.39, 0.29) is 0 Å². The molecule has 0 aliphatic heterocycles. The molecule has 0 spiro atoms. The minimum absolute atomic E-state index is 0.446. The maximum atomic E-state index is 2.50. The van der Waals surface area contributed by atoms with Gasteiger partial charge in [-0.15, -0.1) is 0 Å². The Hall–Kier alpha value is -7.10. The van der Waals surface area contributed by atoms with Gasteiger partial charge in [-0.1, -0.05) is 152 Å². The van der Waals surface area contributed by atoms with Crippen molar-refractivity contribution in [1.82, 2.24) is 8.80 Å². The van der Waals surface area contributed by atoms with Gasteiger partial charge in [0.1, 0.15) is 5.65 Å². The summed E-state index contributed by atoms with van der Waals surface area (Å²) in [6, 6.07) is 73.6. The predicted molar refractivity (Wildman–Crippen MR) is 224 cm³/mol. The van der Waals surface area contributed by atoms with E-state index in [1.807, 2.05) is 0 Å². The standard InChI is InChI=1S/C51H33N3/c1-3-16-34(17-4-1)51(42-24-11-7-20-38(42)39-21-8-12-25-43(39)51)35-30-32-37(33-31-35)52(36-18-5-2-6-19-36)46-28-15-29-47-49(46)54-45-27-14-10-23-41(45)48-40-22-9-13-26-44(40)53(47)50(48)54/h1-33H. The summed E-state index contributed by atoms with van der Waals surface area (Å²) < 4.78 is 4.96. The third kappa shape index (κ3) is 3.70. The molecule has 3 aromatic heterocycles. The summed E-state index contributed by atoms with van der Waals surface area (Å²) in [4.78, 5) is 2.43. The van der Waals surface area contributed by atoms with Crippen LogP contribution in [0.25, 0.3) is 55.0 Å². The van der Waals surface area contributed by atoms with Crippen LogP contribution in [0.3, 0.4) is 0 Å². The van der Waals surface area contributed by atoms with Crippen molar-refractivity contribution < 1.29 is 0 Å². The molecule has 0 atom stereocenters. The van der Waals surface area contributed by atoms with Crippen molar-refractivity contribution >= 4 is 60.9 Å². The average molecular weight is 688 g/mol. The van der Waals surface area contributed by atoms with E-state index in [2.05, 4.69) is 214 Å². The molecule has 0 amide bonds. The molecular formula is C51H33N3. The molecule has 3 heterocycles. The Morgan fingerprint density at radius 2 is 0.870 bits per heavy atom. The lowest BCUT2D eigenvalue weighted by molar-refractivity contribution is 0.768. The van der Waals surface area contributed by atoms with Crippen molar-refractivity contribution in [2.45, 2.75) is 5.41 Å². The molecule has 3 heteroatoms. The van der Waals surface area contributed by atoms with E-state index in [1.165, 1.54) is 77.3 Å². The quantitative estimate of drug-likeness (QED) is 0.175. The van der Waals surface area contributed by atoms with Crippen LogP contribution in [0.15, 0.2) is 200 Å². The first-order valence-corrected chi connectivity index (χ1v) is 18.7. The van der Waals surface area contributed by atoms with Gasteiger partial charge in [-0.05, 0) is 81.9 Å². The first kappa shape index (κ1) is 29.5. The molecule has 3 nitrogen and oxygen atoms in total. The Balaban J connectivity index is 1.13. The van der Waals surface area contributed by atoms with Gasteiger partial charge in [0.05, 0.1) is 33.2 Å². The van der Waals surface area contributed by atoms with E-state index in [9.17, 15) is 0 Å². The maximum absolute atomic E-state index is 2.50. The smallest absolute Gasteiger partial charge is 0.131 e. The fourth-order valence-corrected chi connectivity index (χ4v) is 9.85. The summed E-state index contributed by atoms with van der Waals surface area (Å²) in [6.45, 7) is 0. The topological polar surface area (TPSA) is 12.1 Å². The van der Waals surface area contributed by atoms with Crippen molar-refractivity contribution in [3.05, 3.63) is 222 Å². The zero-order valence-corrected chi connectivity index (χ0v) is 29.4. The van der Waals surface area contributed by atoms with E-state index in [4.69, 9.17) is 0 Å². The molecule has 0 bridgehead atoms. The first-order valence-electron chi connectivity index (χ1n) is 18.7. The Morgan fingerprint density at radius 3 is 1.54 bits per heavy atom. The summed E-state index contributed by atoms with van der Waals surface area (Å²) in [5.74, 6) is 0. The monoisotopic (exact) mass is 687 g/mol. The van der Waals surface area contributed by atoms with Gasteiger partial charge in [-0.3, -0.25) is 8.80 Å². The molecule has 1 aliphatic rings. The highest BCUT2D eigenvalue weighted by Crippen LogP contribution is 2.56. The second-order valence-corrected chi connectivity index (χ2v) is 14.5. The molecule has 0 saturated heterocycles. The molecule has 0 unspecified atom stereocenters. The minimum atomic E-state index is -0.446. The molecule has 0 saturated carbocycles. The SMILES string of the molecule is c1ccc(N(c2ccc(C3(c4ccccc4)c4ccccc4-c4ccccc43)cc2)c2cccc3c2n2c4ccccc4c4c5ccccc5n3c42)cc1. The van der Waals surface area contributed by atoms with Gasteiger partial charge in [0.25, 0.3) is 0 Å². The molecule has 12 rings (SSSR count). The number of rotatable bonds is 5. The van der Waals surface area contributed by atoms with Gasteiger partial charge in [0, 0.05) is 27.5 Å². The van der Waals surface area contributed by atoms with Crippen LogP contribution in [0.1, 0.15) is 22.3 Å². The number of hydrogen-bond acceptors (Lipinski definition) is 1. The molecule has 11 aromatic rings. The number of imidazole rings is 1. The summed E-state index contributed by atoms with van der Waals surface area (Å²) in [5.41, 5.74) is 16.7. The molecular weight excluding hydrogens is 655 g/mol. The molecule has 0 N–H and O–H groups in total. The second-order valence-electron chi connectivity index (χ2n) is 14.5. The molecule has 0 radical (unpaired) electrons. The summed E-state index contributed by atoms with van der Waals surface area (Å²) in [7, 11) is 0. The van der Waals surface area contributed by atoms with Crippen LogP contribution in [0, 0.1) is 0 Å². The fraction of sp³-hybridized carbons (Fsp3) is 0.0196. The second kappa shape index (κ2) is 11.0. The van der Waals surface area contributed by atoms with E-state index in [1.54, 1.807) is 0 Å². The number of fused-ring (bicyclic) bond motifs is 12. The summed E-state index contributed by atoms with van der Waals surface area (Å²) in [5, 5.41) is 3.88. The number of para-hydroxylation sites is 4. The van der Waals surface area contributed by atoms with Gasteiger partial charge in [-0.2, -0.15) is 0 Å². The third-order valence-electron chi connectivity index (χ3n) is 11.9. The summed E-state index contributed by atoms with van der Waals surface area (Å²) >= 11 is 0. The Labute approximate surface area is 312 Å². The van der Waals surface area contributed by atoms with E-state index in [0.717, 1.165) is 17.1 Å². The average Bonchev–Trinajstić information content (AvgIpc) is 3.96. The Bertz CT molecular complexity index is 3150. The maximum Gasteiger partial charge on any atom is 0.131 e. The van der Waals surface area contributed by atoms with Crippen LogP contribution in [-0.2, 0) is 5.41 Å². The third-order valence-corrected chi connectivity index (χ3v) is 11.9. The van der Waals surface area contributed by atoms with Crippen LogP contribution < -0.4 is 4.90 Å². The largest absolute Gasteiger partial charge is 0.308 e. The lowest BCUT2D eigenvalue weighted by Gasteiger charge is -2.34. The number of benzene rings is 8. The lowest BCUT2D eigenvalue weighted by atomic mass is 9.68. The van der Waals surface area contributed by atoms with Crippen LogP contribution in [0.4, 0.5) is 17.1 Å². The van der Waals surface area contributed by atoms with E-state index >= 15 is 0 Å². The van der Waals surface area contributed by atoms with Gasteiger partial charge in [-0.25, -0.2) is 0 Å². The van der Waals surface area contributed by atoms with Crippen LogP contribution >= 0.6 is 0 Å². The lowest BCUT2D eigenvalue weighted by Crippen LogP contribution is -2.28. The molecule has 54 heavy (non-hydrogen) atoms. The number of nitrogens with zero attached hydrogens (tertiary/aromatic N) is 3. The first-order chi connectivity index (χ1) is 26.8. The van der Waals surface area contributed by atoms with Crippen LogP contribution in [-0.4, -0.2) is 8.80 Å². The van der Waals surface area contributed by atoms with Crippen LogP contribution in [0.2, 0.25) is 0 Å². The highest BCUT2D eigenvalue weighted by Gasteiger charge is 2.45. The molecule has 8 aromatic carbocycles. The Kier molecular flexibility index (Phi) is 5.98. The zero-order chi connectivity index (χ0) is 35.4. The van der Waals surface area contributed by atoms with E-state index < -0.39 is 5.41 Å². The Morgan fingerprint density at radius 1 is 0.370 bits per heavy atom. The van der Waals surface area contributed by atoms with Gasteiger partial charge in [0.15, 0.2) is 0 Å². The number of anilines is 3. The summed E-state index contributed by atoms with van der Waals surface area (Å²) in [6.07, 6.45) is 0. The zero-order valence-electron chi connectivity index (χ0n) is 29.4. The molecule has 252 valence electrons. The van der Waals surface area contributed by atoms with Crippen molar-refractivity contribution in [3.8, 4) is 11.1 Å². The fourth-order valence-electron chi connectivity index (χ4n) is 9.85. The van der Waals surface area contributed by atoms with Crippen molar-refractivity contribution in [3.63, 3.8) is 0 Å². The minimum Gasteiger partial charge on any atom is -0.308 e. The van der Waals surface area contributed by atoms with Crippen molar-refractivity contribution in [1.29, 1.82) is 0 Å².